The Balaban J connectivity index is 1.32. The zero-order valence-electron chi connectivity index (χ0n) is 23.1. The van der Waals surface area contributed by atoms with Crippen LogP contribution < -0.4 is 5.32 Å². The Morgan fingerprint density at radius 2 is 1.51 bits per heavy atom. The number of piperidine rings is 1. The van der Waals surface area contributed by atoms with Crippen molar-refractivity contribution >= 4 is 27.6 Å². The molecule has 3 aromatic rings. The van der Waals surface area contributed by atoms with Gasteiger partial charge >= 0.3 is 6.03 Å². The number of halogens is 1. The summed E-state index contributed by atoms with van der Waals surface area (Å²) < 4.78 is 42.1. The summed E-state index contributed by atoms with van der Waals surface area (Å²) in [6.45, 7) is 2.75. The van der Waals surface area contributed by atoms with Crippen LogP contribution in [0.2, 0.25) is 0 Å². The minimum atomic E-state index is -3.87. The maximum absolute atomic E-state index is 13.9. The number of rotatable bonds is 9. The molecule has 3 aromatic carbocycles. The number of aryl methyl sites for hydroxylation is 1. The molecule has 0 atom stereocenters. The third-order valence-corrected chi connectivity index (χ3v) is 9.59. The van der Waals surface area contributed by atoms with Crippen molar-refractivity contribution in [2.75, 3.05) is 25.0 Å². The lowest BCUT2D eigenvalue weighted by Gasteiger charge is -2.39. The zero-order chi connectivity index (χ0) is 29.0. The summed E-state index contributed by atoms with van der Waals surface area (Å²) in [6, 6.07) is 21.3. The SMILES string of the molecule is Cc1ccc(S(=O)(=O)N(CC(=O)N(Cc2ccc(F)cc2)C2CCN(C(=O)Nc3ccccc3)CC2)C2CC2)cc1. The van der Waals surface area contributed by atoms with Gasteiger partial charge in [0, 0.05) is 37.4 Å². The molecule has 1 aliphatic carbocycles. The van der Waals surface area contributed by atoms with Crippen LogP contribution in [0.15, 0.2) is 83.8 Å². The first-order valence-electron chi connectivity index (χ1n) is 13.9. The Hall–Kier alpha value is -3.76. The minimum absolute atomic E-state index is 0.172. The third-order valence-electron chi connectivity index (χ3n) is 7.68. The second-order valence-electron chi connectivity index (χ2n) is 10.8. The van der Waals surface area contributed by atoms with Crippen molar-refractivity contribution < 1.29 is 22.4 Å². The number of carbonyl (C=O) groups is 2. The summed E-state index contributed by atoms with van der Waals surface area (Å²) in [5, 5.41) is 2.90. The summed E-state index contributed by atoms with van der Waals surface area (Å²) >= 11 is 0. The van der Waals surface area contributed by atoms with Crippen molar-refractivity contribution in [2.24, 2.45) is 0 Å². The van der Waals surface area contributed by atoms with Crippen LogP contribution >= 0.6 is 0 Å². The average molecular weight is 579 g/mol. The fourth-order valence-electron chi connectivity index (χ4n) is 5.15. The zero-order valence-corrected chi connectivity index (χ0v) is 23.9. The van der Waals surface area contributed by atoms with E-state index < -0.39 is 10.0 Å². The summed E-state index contributed by atoms with van der Waals surface area (Å²) in [6.07, 6.45) is 2.52. The Kier molecular flexibility index (Phi) is 8.70. The minimum Gasteiger partial charge on any atom is -0.334 e. The number of nitrogens with one attached hydrogen (secondary N) is 1. The van der Waals surface area contributed by atoms with Gasteiger partial charge in [0.2, 0.25) is 15.9 Å². The molecule has 1 saturated heterocycles. The quantitative estimate of drug-likeness (QED) is 0.387. The average Bonchev–Trinajstić information content (AvgIpc) is 3.81. The van der Waals surface area contributed by atoms with Crippen LogP contribution in [0.3, 0.4) is 0 Å². The number of carbonyl (C=O) groups excluding carboxylic acids is 2. The molecule has 5 rings (SSSR count). The number of hydrogen-bond acceptors (Lipinski definition) is 4. The van der Waals surface area contributed by atoms with E-state index in [1.165, 1.54) is 16.4 Å². The van der Waals surface area contributed by atoms with Gasteiger partial charge in [-0.3, -0.25) is 4.79 Å². The molecule has 41 heavy (non-hydrogen) atoms. The number of amides is 3. The monoisotopic (exact) mass is 578 g/mol. The molecular weight excluding hydrogens is 543 g/mol. The van der Waals surface area contributed by atoms with Crippen LogP contribution in [0, 0.1) is 12.7 Å². The first-order chi connectivity index (χ1) is 19.7. The van der Waals surface area contributed by atoms with Gasteiger partial charge in [-0.05, 0) is 74.6 Å². The number of para-hydroxylation sites is 1. The molecule has 0 aromatic heterocycles. The van der Waals surface area contributed by atoms with E-state index in [9.17, 15) is 22.4 Å². The lowest BCUT2D eigenvalue weighted by molar-refractivity contribution is -0.135. The lowest BCUT2D eigenvalue weighted by Crippen LogP contribution is -2.52. The highest BCUT2D eigenvalue weighted by Crippen LogP contribution is 2.32. The molecule has 1 N–H and O–H groups in total. The highest BCUT2D eigenvalue weighted by molar-refractivity contribution is 7.89. The molecule has 0 radical (unpaired) electrons. The molecule has 0 spiro atoms. The first kappa shape index (κ1) is 28.8. The van der Waals surface area contributed by atoms with Crippen LogP contribution in [0.1, 0.15) is 36.8 Å². The van der Waals surface area contributed by atoms with Crippen molar-refractivity contribution in [3.8, 4) is 0 Å². The normalized spacial score (nSPS) is 16.0. The first-order valence-corrected chi connectivity index (χ1v) is 15.4. The van der Waals surface area contributed by atoms with Crippen molar-refractivity contribution in [1.82, 2.24) is 14.1 Å². The number of urea groups is 1. The van der Waals surface area contributed by atoms with Crippen LogP contribution in [0.4, 0.5) is 14.9 Å². The Bertz CT molecular complexity index is 1450. The summed E-state index contributed by atoms with van der Waals surface area (Å²) in [7, 11) is -3.87. The van der Waals surface area contributed by atoms with Crippen molar-refractivity contribution in [2.45, 2.75) is 56.1 Å². The maximum atomic E-state index is 13.9. The van der Waals surface area contributed by atoms with Crippen LogP contribution in [-0.2, 0) is 21.4 Å². The summed E-state index contributed by atoms with van der Waals surface area (Å²) in [4.78, 5) is 30.3. The number of anilines is 1. The number of hydrogen-bond donors (Lipinski definition) is 1. The molecule has 0 bridgehead atoms. The molecule has 216 valence electrons. The fourth-order valence-corrected chi connectivity index (χ4v) is 6.79. The van der Waals surface area contributed by atoms with Crippen molar-refractivity contribution in [1.29, 1.82) is 0 Å². The summed E-state index contributed by atoms with van der Waals surface area (Å²) in [5.74, 6) is -0.669. The largest absolute Gasteiger partial charge is 0.334 e. The molecule has 1 heterocycles. The maximum Gasteiger partial charge on any atom is 0.321 e. The van der Waals surface area contributed by atoms with Gasteiger partial charge < -0.3 is 15.1 Å². The van der Waals surface area contributed by atoms with Crippen LogP contribution in [0.25, 0.3) is 0 Å². The second-order valence-corrected chi connectivity index (χ2v) is 12.6. The van der Waals surface area contributed by atoms with Gasteiger partial charge in [-0.1, -0.05) is 48.0 Å². The van der Waals surface area contributed by atoms with E-state index in [0.717, 1.165) is 11.1 Å². The van der Waals surface area contributed by atoms with E-state index in [1.807, 2.05) is 37.3 Å². The van der Waals surface area contributed by atoms with E-state index >= 15 is 0 Å². The molecule has 0 unspecified atom stereocenters. The van der Waals surface area contributed by atoms with Gasteiger partial charge in [-0.2, -0.15) is 4.31 Å². The lowest BCUT2D eigenvalue weighted by atomic mass is 10.0. The number of sulfonamides is 1. The van der Waals surface area contributed by atoms with Crippen molar-refractivity contribution in [3.63, 3.8) is 0 Å². The molecule has 2 aliphatic rings. The second kappa shape index (κ2) is 12.4. The highest BCUT2D eigenvalue weighted by atomic mass is 32.2. The number of nitrogens with zero attached hydrogens (tertiary/aromatic N) is 3. The predicted molar refractivity (Wildman–Crippen MR) is 155 cm³/mol. The Morgan fingerprint density at radius 3 is 2.12 bits per heavy atom. The van der Waals surface area contributed by atoms with Gasteiger partial charge in [-0.25, -0.2) is 17.6 Å². The summed E-state index contributed by atoms with van der Waals surface area (Å²) in [5.41, 5.74) is 2.42. The van der Waals surface area contributed by atoms with E-state index in [0.29, 0.717) is 44.5 Å². The fraction of sp³-hybridized carbons (Fsp3) is 0.355. The number of benzene rings is 3. The van der Waals surface area contributed by atoms with E-state index in [4.69, 9.17) is 0 Å². The molecule has 3 amide bonds. The van der Waals surface area contributed by atoms with Gasteiger partial charge in [-0.15, -0.1) is 0 Å². The van der Waals surface area contributed by atoms with Crippen LogP contribution in [-0.4, -0.2) is 66.2 Å². The smallest absolute Gasteiger partial charge is 0.321 e. The van der Waals surface area contributed by atoms with Gasteiger partial charge in [0.05, 0.1) is 11.4 Å². The van der Waals surface area contributed by atoms with Gasteiger partial charge in [0.1, 0.15) is 5.82 Å². The molecule has 1 saturated carbocycles. The Labute approximate surface area is 240 Å². The molecule has 2 fully saturated rings. The van der Waals surface area contributed by atoms with Crippen LogP contribution in [0.5, 0.6) is 0 Å². The third kappa shape index (κ3) is 7.12. The van der Waals surface area contributed by atoms with Gasteiger partial charge in [0.15, 0.2) is 0 Å². The predicted octanol–water partition coefficient (Wildman–Crippen LogP) is 5.01. The standard InChI is InChI=1S/C31H35FN4O4S/c1-23-7-15-29(16-8-23)41(39,40)36(28-13-14-28)22-30(37)35(21-24-9-11-25(32)12-10-24)27-17-19-34(20-18-27)31(38)33-26-5-3-2-4-6-26/h2-12,15-16,27-28H,13-14,17-22H2,1H3,(H,33,38). The highest BCUT2D eigenvalue weighted by Gasteiger charge is 2.41. The molecule has 1 aliphatic heterocycles. The molecular formula is C31H35FN4O4S. The van der Waals surface area contributed by atoms with Crippen molar-refractivity contribution in [3.05, 3.63) is 95.8 Å². The number of likely N-dealkylation sites (tertiary alicyclic amines) is 1. The van der Waals surface area contributed by atoms with E-state index in [-0.39, 0.29) is 47.8 Å². The van der Waals surface area contributed by atoms with Gasteiger partial charge in [0.25, 0.3) is 0 Å². The Morgan fingerprint density at radius 1 is 0.878 bits per heavy atom. The molecule has 8 nitrogen and oxygen atoms in total. The molecule has 10 heteroatoms. The topological polar surface area (TPSA) is 90.0 Å². The van der Waals surface area contributed by atoms with E-state index in [2.05, 4.69) is 5.32 Å². The van der Waals surface area contributed by atoms with E-state index in [1.54, 1.807) is 46.2 Å².